The van der Waals surface area contributed by atoms with Crippen LogP contribution in [0, 0.1) is 6.92 Å². The number of alkyl halides is 3. The predicted molar refractivity (Wildman–Crippen MR) is 57.9 cm³/mol. The van der Waals surface area contributed by atoms with Crippen molar-refractivity contribution in [2.45, 2.75) is 18.7 Å². The second-order valence-electron chi connectivity index (χ2n) is 3.09. The fraction of sp³-hybridized carbons (Fsp3) is 0.400. The fourth-order valence-electron chi connectivity index (χ4n) is 1.34. The average molecular weight is 294 g/mol. The summed E-state index contributed by atoms with van der Waals surface area (Å²) in [4.78, 5) is 15.3. The molecule has 0 aliphatic carbocycles. The molecule has 0 saturated heterocycles. The lowest BCUT2D eigenvalue weighted by molar-refractivity contribution is 0.0588. The van der Waals surface area contributed by atoms with Crippen LogP contribution in [0.25, 0.3) is 0 Å². The number of carbonyl (C=O) groups is 1. The van der Waals surface area contributed by atoms with E-state index in [1.165, 1.54) is 0 Å². The van der Waals surface area contributed by atoms with Crippen LogP contribution in [-0.2, 0) is 10.1 Å². The molecule has 1 heterocycles. The van der Waals surface area contributed by atoms with E-state index in [1.807, 2.05) is 0 Å². The predicted octanol–water partition coefficient (Wildman–Crippen LogP) is 3.01. The molecule has 0 amide bonds. The minimum absolute atomic E-state index is 0.0954. The summed E-state index contributed by atoms with van der Waals surface area (Å²) < 4.78 is 29.9. The highest BCUT2D eigenvalue weighted by Crippen LogP contribution is 2.27. The summed E-state index contributed by atoms with van der Waals surface area (Å²) in [6, 6.07) is 0. The van der Waals surface area contributed by atoms with Gasteiger partial charge in [0.1, 0.15) is 0 Å². The van der Waals surface area contributed by atoms with Crippen LogP contribution < -0.4 is 0 Å². The summed E-state index contributed by atoms with van der Waals surface area (Å²) in [5.41, 5.74) is 0.474. The molecule has 0 radical (unpaired) electrons. The van der Waals surface area contributed by atoms with Crippen LogP contribution in [-0.4, -0.2) is 18.1 Å². The maximum absolute atomic E-state index is 12.7. The van der Waals surface area contributed by atoms with Crippen molar-refractivity contribution >= 4 is 21.9 Å². The van der Waals surface area contributed by atoms with E-state index in [0.717, 1.165) is 13.3 Å². The van der Waals surface area contributed by atoms with E-state index in [0.29, 0.717) is 16.6 Å². The summed E-state index contributed by atoms with van der Waals surface area (Å²) in [6.07, 6.45) is -1.73. The number of hydrogen-bond acceptors (Lipinski definition) is 3. The van der Waals surface area contributed by atoms with E-state index >= 15 is 0 Å². The van der Waals surface area contributed by atoms with Crippen molar-refractivity contribution in [3.63, 3.8) is 0 Å². The van der Waals surface area contributed by atoms with Crippen molar-refractivity contribution in [3.05, 3.63) is 28.6 Å². The Morgan fingerprint density at radius 3 is 2.69 bits per heavy atom. The highest BCUT2D eigenvalue weighted by Gasteiger charge is 2.23. The van der Waals surface area contributed by atoms with Gasteiger partial charge in [-0.05, 0) is 12.5 Å². The number of nitrogens with zero attached hydrogens (tertiary/aromatic N) is 1. The minimum atomic E-state index is -2.75. The van der Waals surface area contributed by atoms with Crippen LogP contribution >= 0.6 is 15.9 Å². The molecule has 16 heavy (non-hydrogen) atoms. The first-order chi connectivity index (χ1) is 7.52. The van der Waals surface area contributed by atoms with Crippen molar-refractivity contribution < 1.29 is 18.3 Å². The second kappa shape index (κ2) is 5.34. The molecule has 0 aromatic carbocycles. The Balaban J connectivity index is 3.42. The number of aromatic nitrogens is 1. The van der Waals surface area contributed by atoms with Gasteiger partial charge in [0.2, 0.25) is 0 Å². The molecule has 0 atom stereocenters. The lowest BCUT2D eigenvalue weighted by atomic mass is 10.0. The van der Waals surface area contributed by atoms with E-state index in [1.54, 1.807) is 6.92 Å². The van der Waals surface area contributed by atoms with Crippen LogP contribution in [0.3, 0.4) is 0 Å². The molecule has 1 aromatic rings. The van der Waals surface area contributed by atoms with E-state index in [9.17, 15) is 13.6 Å². The monoisotopic (exact) mass is 293 g/mol. The number of ether oxygens (including phenoxy) is 1. The summed E-state index contributed by atoms with van der Waals surface area (Å²) in [5, 5.41) is 0.395. The number of methoxy groups -OCH3 is 1. The van der Waals surface area contributed by atoms with Gasteiger partial charge in [-0.2, -0.15) is 0 Å². The number of esters is 1. The van der Waals surface area contributed by atoms with Gasteiger partial charge in [0.25, 0.3) is 6.43 Å². The Bertz CT molecular complexity index is 410. The van der Waals surface area contributed by atoms with Crippen molar-refractivity contribution in [3.8, 4) is 0 Å². The number of carbonyl (C=O) groups excluding carboxylic acids is 1. The second-order valence-corrected chi connectivity index (χ2v) is 3.65. The summed E-state index contributed by atoms with van der Waals surface area (Å²) in [6.45, 7) is 1.57. The van der Waals surface area contributed by atoms with Gasteiger partial charge in [-0.25, -0.2) is 13.6 Å². The Kier molecular flexibility index (Phi) is 4.35. The first-order valence-electron chi connectivity index (χ1n) is 4.43. The SMILES string of the molecule is COC(=O)c1c(C(F)F)cnc(CBr)c1C. The van der Waals surface area contributed by atoms with Crippen LogP contribution in [0.15, 0.2) is 6.20 Å². The zero-order valence-electron chi connectivity index (χ0n) is 8.76. The van der Waals surface area contributed by atoms with Gasteiger partial charge in [0.05, 0.1) is 23.9 Å². The molecule has 88 valence electrons. The number of halogens is 3. The normalized spacial score (nSPS) is 10.6. The summed E-state index contributed by atoms with van der Waals surface area (Å²) >= 11 is 3.17. The summed E-state index contributed by atoms with van der Waals surface area (Å²) in [7, 11) is 1.16. The van der Waals surface area contributed by atoms with E-state index in [4.69, 9.17) is 0 Å². The van der Waals surface area contributed by atoms with Crippen LogP contribution in [0.2, 0.25) is 0 Å². The smallest absolute Gasteiger partial charge is 0.338 e. The third-order valence-electron chi connectivity index (χ3n) is 2.21. The zero-order chi connectivity index (χ0) is 12.3. The largest absolute Gasteiger partial charge is 0.465 e. The maximum Gasteiger partial charge on any atom is 0.338 e. The Morgan fingerprint density at radius 1 is 1.62 bits per heavy atom. The van der Waals surface area contributed by atoms with Crippen LogP contribution in [0.1, 0.15) is 33.6 Å². The highest BCUT2D eigenvalue weighted by molar-refractivity contribution is 9.08. The molecular formula is C10H10BrF2NO2. The van der Waals surface area contributed by atoms with E-state index < -0.39 is 18.0 Å². The Labute approximate surface area is 99.9 Å². The quantitative estimate of drug-likeness (QED) is 0.635. The molecule has 1 rings (SSSR count). The Morgan fingerprint density at radius 2 is 2.25 bits per heavy atom. The van der Waals surface area contributed by atoms with Gasteiger partial charge < -0.3 is 4.74 Å². The molecule has 3 nitrogen and oxygen atoms in total. The molecule has 0 spiro atoms. The number of pyridine rings is 1. The maximum atomic E-state index is 12.7. The van der Waals surface area contributed by atoms with Crippen molar-refractivity contribution in [2.75, 3.05) is 7.11 Å². The number of rotatable bonds is 3. The topological polar surface area (TPSA) is 39.2 Å². The summed E-state index contributed by atoms with van der Waals surface area (Å²) in [5.74, 6) is -0.766. The molecule has 0 N–H and O–H groups in total. The van der Waals surface area contributed by atoms with Crippen molar-refractivity contribution in [1.82, 2.24) is 4.98 Å². The Hall–Kier alpha value is -1.04. The molecule has 6 heteroatoms. The molecular weight excluding hydrogens is 284 g/mol. The van der Waals surface area contributed by atoms with Gasteiger partial charge >= 0.3 is 5.97 Å². The highest BCUT2D eigenvalue weighted by atomic mass is 79.9. The number of hydrogen-bond donors (Lipinski definition) is 0. The fourth-order valence-corrected chi connectivity index (χ4v) is 1.91. The van der Waals surface area contributed by atoms with E-state index in [-0.39, 0.29) is 5.56 Å². The third kappa shape index (κ3) is 2.37. The van der Waals surface area contributed by atoms with Gasteiger partial charge in [-0.3, -0.25) is 4.98 Å². The lowest BCUT2D eigenvalue weighted by Gasteiger charge is -2.12. The standard InChI is InChI=1S/C10H10BrF2NO2/c1-5-7(3-11)14-4-6(9(12)13)8(5)10(15)16-2/h4,9H,3H2,1-2H3. The zero-order valence-corrected chi connectivity index (χ0v) is 10.3. The van der Waals surface area contributed by atoms with Crippen molar-refractivity contribution in [1.29, 1.82) is 0 Å². The molecule has 0 unspecified atom stereocenters. The molecule has 0 aliphatic rings. The molecule has 0 fully saturated rings. The van der Waals surface area contributed by atoms with Crippen LogP contribution in [0.4, 0.5) is 8.78 Å². The molecule has 0 aliphatic heterocycles. The molecule has 0 saturated carbocycles. The lowest BCUT2D eigenvalue weighted by Crippen LogP contribution is -2.11. The molecule has 1 aromatic heterocycles. The average Bonchev–Trinajstić information content (AvgIpc) is 2.27. The van der Waals surface area contributed by atoms with Gasteiger partial charge in [0.15, 0.2) is 0 Å². The first-order valence-corrected chi connectivity index (χ1v) is 5.55. The van der Waals surface area contributed by atoms with Gasteiger partial charge in [-0.1, -0.05) is 15.9 Å². The third-order valence-corrected chi connectivity index (χ3v) is 2.74. The molecule has 0 bridgehead atoms. The van der Waals surface area contributed by atoms with Gasteiger partial charge in [-0.15, -0.1) is 0 Å². The minimum Gasteiger partial charge on any atom is -0.465 e. The first kappa shape index (κ1) is 13.0. The van der Waals surface area contributed by atoms with Gasteiger partial charge in [0, 0.05) is 11.5 Å². The van der Waals surface area contributed by atoms with Crippen molar-refractivity contribution in [2.24, 2.45) is 0 Å². The van der Waals surface area contributed by atoms with E-state index in [2.05, 4.69) is 25.7 Å². The van der Waals surface area contributed by atoms with Crippen LogP contribution in [0.5, 0.6) is 0 Å².